The molecular weight excluding hydrogens is 762 g/mol. The molecule has 0 spiro atoms. The SMILES string of the molecule is COc1cc(-c2cc(Cl)c3c(c2)CNC(=O)[C@H](Cc2c[nH]c4ccccc24)N(C)C(=O)[C@H](CCCCN)NC(=O)[C@H](CCCN)NCc2cccnc2S3)ccn1. The van der Waals surface area contributed by atoms with Gasteiger partial charge in [0.05, 0.1) is 18.2 Å². The average molecular weight is 812 g/mol. The van der Waals surface area contributed by atoms with Crippen LogP contribution in [0.25, 0.3) is 22.0 Å². The second-order valence-electron chi connectivity index (χ2n) is 14.1. The van der Waals surface area contributed by atoms with Crippen LogP contribution in [0.5, 0.6) is 5.88 Å². The molecule has 3 aromatic heterocycles. The molecule has 300 valence electrons. The van der Waals surface area contributed by atoms with Crippen LogP contribution < -0.4 is 32.2 Å². The number of hydrogen-bond donors (Lipinski definition) is 6. The van der Waals surface area contributed by atoms with Gasteiger partial charge >= 0.3 is 0 Å². The lowest BCUT2D eigenvalue weighted by atomic mass is 10.0. The summed E-state index contributed by atoms with van der Waals surface area (Å²) in [5, 5.41) is 11.7. The minimum absolute atomic E-state index is 0.0988. The maximum atomic E-state index is 14.6. The van der Waals surface area contributed by atoms with Gasteiger partial charge in [0, 0.05) is 67.0 Å². The van der Waals surface area contributed by atoms with Gasteiger partial charge in [-0.3, -0.25) is 14.4 Å². The number of rotatable bonds is 11. The van der Waals surface area contributed by atoms with E-state index in [1.165, 1.54) is 16.7 Å². The zero-order valence-electron chi connectivity index (χ0n) is 32.2. The van der Waals surface area contributed by atoms with Gasteiger partial charge in [-0.05, 0) is 103 Å². The summed E-state index contributed by atoms with van der Waals surface area (Å²) < 4.78 is 5.39. The Kier molecular flexibility index (Phi) is 14.6. The molecule has 1 aliphatic rings. The minimum Gasteiger partial charge on any atom is -0.481 e. The Morgan fingerprint density at radius 1 is 0.877 bits per heavy atom. The number of unbranched alkanes of at least 4 members (excludes halogenated alkanes) is 1. The van der Waals surface area contributed by atoms with Gasteiger partial charge in [0.15, 0.2) is 0 Å². The minimum atomic E-state index is -0.936. The highest BCUT2D eigenvalue weighted by atomic mass is 35.5. The second-order valence-corrected chi connectivity index (χ2v) is 15.5. The van der Waals surface area contributed by atoms with Crippen LogP contribution >= 0.6 is 23.4 Å². The standard InChI is InChI=1S/C42H50ClN9O4S/c1-52-36(21-29-24-48-33-11-4-3-10-31(29)33)40(54)50-25-30-19-28(26-14-18-46-37(22-26)56-2)20-32(43)38(30)57-41-27(9-8-17-47-41)23-49-34(13-7-16-45)39(53)51-35(42(52)55)12-5-6-15-44/h3-4,8-11,14,17-20,22,24,34-36,48-49H,5-7,12-13,15-16,21,23,25,44-45H2,1-2H3,(H,50,54)(H,51,53)/t34-,35-,36-/m0/s1. The topological polar surface area (TPSA) is 193 Å². The molecule has 8 N–H and O–H groups in total. The molecule has 0 fully saturated rings. The van der Waals surface area contributed by atoms with Crippen molar-refractivity contribution < 1.29 is 19.1 Å². The fourth-order valence-corrected chi connectivity index (χ4v) is 8.38. The van der Waals surface area contributed by atoms with Gasteiger partial charge in [0.1, 0.15) is 17.1 Å². The first kappa shape index (κ1) is 41.6. The molecule has 15 heteroatoms. The van der Waals surface area contributed by atoms with E-state index in [9.17, 15) is 14.4 Å². The number of nitrogens with zero attached hydrogens (tertiary/aromatic N) is 3. The summed E-state index contributed by atoms with van der Waals surface area (Å²) in [4.78, 5) is 57.7. The van der Waals surface area contributed by atoms with Crippen molar-refractivity contribution in [1.82, 2.24) is 35.8 Å². The van der Waals surface area contributed by atoms with Crippen LogP contribution in [-0.2, 0) is 33.9 Å². The van der Waals surface area contributed by atoms with E-state index in [1.807, 2.05) is 66.9 Å². The van der Waals surface area contributed by atoms with Crippen LogP contribution in [0.2, 0.25) is 5.02 Å². The van der Waals surface area contributed by atoms with E-state index in [2.05, 4.69) is 25.9 Å². The van der Waals surface area contributed by atoms with Crippen LogP contribution in [0.4, 0.5) is 0 Å². The number of ether oxygens (including phenoxy) is 1. The molecule has 3 atom stereocenters. The number of hydrogen-bond acceptors (Lipinski definition) is 10. The summed E-state index contributed by atoms with van der Waals surface area (Å²) in [6, 6.07) is 16.7. The van der Waals surface area contributed by atoms with E-state index in [0.717, 1.165) is 38.7 Å². The Morgan fingerprint density at radius 2 is 1.68 bits per heavy atom. The van der Waals surface area contributed by atoms with E-state index >= 15 is 0 Å². The fraction of sp³-hybridized carbons (Fsp3) is 0.357. The van der Waals surface area contributed by atoms with Crippen molar-refractivity contribution in [3.63, 3.8) is 0 Å². The predicted molar refractivity (Wildman–Crippen MR) is 224 cm³/mol. The smallest absolute Gasteiger partial charge is 0.245 e. The summed E-state index contributed by atoms with van der Waals surface area (Å²) in [5.74, 6) is -0.607. The fourth-order valence-electron chi connectivity index (χ4n) is 7.03. The van der Waals surface area contributed by atoms with Crippen LogP contribution in [-0.4, -0.2) is 82.9 Å². The highest BCUT2D eigenvalue weighted by Gasteiger charge is 2.34. The third-order valence-electron chi connectivity index (χ3n) is 10.2. The van der Waals surface area contributed by atoms with E-state index in [4.69, 9.17) is 32.8 Å². The predicted octanol–water partition coefficient (Wildman–Crippen LogP) is 4.95. The van der Waals surface area contributed by atoms with Crippen molar-refractivity contribution in [2.75, 3.05) is 27.2 Å². The molecule has 1 aliphatic heterocycles. The average Bonchev–Trinajstić information content (AvgIpc) is 3.64. The molecule has 0 unspecified atom stereocenters. The number of nitrogens with one attached hydrogen (secondary N) is 4. The van der Waals surface area contributed by atoms with Crippen molar-refractivity contribution in [3.8, 4) is 17.0 Å². The number of halogens is 1. The Balaban J connectivity index is 1.45. The van der Waals surface area contributed by atoms with E-state index in [1.54, 1.807) is 26.6 Å². The second kappa shape index (κ2) is 19.9. The summed E-state index contributed by atoms with van der Waals surface area (Å²) in [5.41, 5.74) is 16.8. The molecule has 0 saturated carbocycles. The van der Waals surface area contributed by atoms with Crippen LogP contribution in [0.15, 0.2) is 89.2 Å². The van der Waals surface area contributed by atoms with Crippen LogP contribution in [0, 0.1) is 0 Å². The number of para-hydroxylation sites is 1. The normalized spacial score (nSPS) is 18.4. The third-order valence-corrected chi connectivity index (χ3v) is 11.9. The number of amides is 3. The molecule has 0 saturated heterocycles. The van der Waals surface area contributed by atoms with Gasteiger partial charge in [-0.15, -0.1) is 0 Å². The number of carbonyl (C=O) groups is 3. The quantitative estimate of drug-likeness (QED) is 0.0995. The Hall–Kier alpha value is -4.99. The van der Waals surface area contributed by atoms with Crippen molar-refractivity contribution in [2.24, 2.45) is 11.5 Å². The molecule has 0 radical (unpaired) electrons. The van der Waals surface area contributed by atoms with Crippen molar-refractivity contribution in [2.45, 2.75) is 79.7 Å². The maximum Gasteiger partial charge on any atom is 0.245 e. The Labute approximate surface area is 342 Å². The monoisotopic (exact) mass is 811 g/mol. The van der Waals surface area contributed by atoms with E-state index < -0.39 is 18.1 Å². The summed E-state index contributed by atoms with van der Waals surface area (Å²) >= 11 is 8.52. The molecule has 2 aromatic carbocycles. The first-order chi connectivity index (χ1) is 27.7. The lowest BCUT2D eigenvalue weighted by Gasteiger charge is -2.32. The number of pyridine rings is 2. The maximum absolute atomic E-state index is 14.6. The molecule has 4 heterocycles. The molecule has 6 rings (SSSR count). The summed E-state index contributed by atoms with van der Waals surface area (Å²) in [6.07, 6.45) is 8.16. The highest BCUT2D eigenvalue weighted by molar-refractivity contribution is 7.99. The number of carbonyl (C=O) groups excluding carboxylic acids is 3. The first-order valence-corrected chi connectivity index (χ1v) is 20.4. The molecule has 5 aromatic rings. The van der Waals surface area contributed by atoms with Gasteiger partial charge in [-0.25, -0.2) is 9.97 Å². The van der Waals surface area contributed by atoms with Crippen LogP contribution in [0.1, 0.15) is 48.8 Å². The number of aromatic nitrogens is 3. The van der Waals surface area contributed by atoms with Crippen molar-refractivity contribution >= 4 is 52.0 Å². The number of aromatic amines is 1. The number of benzene rings is 2. The Bertz CT molecular complexity index is 2180. The molecule has 0 bridgehead atoms. The number of methoxy groups -OCH3 is 1. The van der Waals surface area contributed by atoms with Gasteiger partial charge in [0.2, 0.25) is 23.6 Å². The van der Waals surface area contributed by atoms with Gasteiger partial charge in [0.25, 0.3) is 0 Å². The summed E-state index contributed by atoms with van der Waals surface area (Å²) in [6.45, 7) is 1.26. The molecule has 13 nitrogen and oxygen atoms in total. The third kappa shape index (κ3) is 10.3. The number of H-pyrrole nitrogens is 1. The van der Waals surface area contributed by atoms with E-state index in [0.29, 0.717) is 72.6 Å². The van der Waals surface area contributed by atoms with Crippen molar-refractivity contribution in [1.29, 1.82) is 0 Å². The zero-order valence-corrected chi connectivity index (χ0v) is 33.8. The Morgan fingerprint density at radius 3 is 2.49 bits per heavy atom. The molecule has 3 amide bonds. The van der Waals surface area contributed by atoms with E-state index in [-0.39, 0.29) is 30.7 Å². The highest BCUT2D eigenvalue weighted by Crippen LogP contribution is 2.40. The van der Waals surface area contributed by atoms with Gasteiger partial charge in [-0.2, -0.15) is 0 Å². The van der Waals surface area contributed by atoms with Crippen molar-refractivity contribution in [3.05, 3.63) is 101 Å². The molecule has 57 heavy (non-hydrogen) atoms. The number of likely N-dealkylation sites (N-methyl/N-ethyl adjacent to an activating group) is 1. The first-order valence-electron chi connectivity index (χ1n) is 19.2. The number of fused-ring (bicyclic) bond motifs is 3. The number of nitrogens with two attached hydrogens (primary N) is 2. The van der Waals surface area contributed by atoms with Crippen LogP contribution in [0.3, 0.4) is 0 Å². The molecular formula is C42H50ClN9O4S. The largest absolute Gasteiger partial charge is 0.481 e. The van der Waals surface area contributed by atoms with Gasteiger partial charge < -0.3 is 42.0 Å². The van der Waals surface area contributed by atoms with Gasteiger partial charge in [-0.1, -0.05) is 47.6 Å². The molecule has 0 aliphatic carbocycles. The summed E-state index contributed by atoms with van der Waals surface area (Å²) in [7, 11) is 3.18. The lowest BCUT2D eigenvalue weighted by Crippen LogP contribution is -2.57. The lowest BCUT2D eigenvalue weighted by molar-refractivity contribution is -0.142. The zero-order chi connectivity index (χ0) is 40.3.